The Morgan fingerprint density at radius 2 is 2.23 bits per heavy atom. The van der Waals surface area contributed by atoms with Crippen molar-refractivity contribution in [3.05, 3.63) is 33.1 Å². The number of nitrogens with one attached hydrogen (secondary N) is 2. The molecule has 1 aliphatic rings. The minimum atomic E-state index is -1.16. The third-order valence-electron chi connectivity index (χ3n) is 3.62. The zero-order valence-corrected chi connectivity index (χ0v) is 12.1. The van der Waals surface area contributed by atoms with Crippen LogP contribution in [0.25, 0.3) is 0 Å². The van der Waals surface area contributed by atoms with Crippen LogP contribution in [0.15, 0.2) is 21.9 Å². The summed E-state index contributed by atoms with van der Waals surface area (Å²) in [5.41, 5.74) is -1.29. The van der Waals surface area contributed by atoms with Crippen molar-refractivity contribution in [3.63, 3.8) is 0 Å². The quantitative estimate of drug-likeness (QED) is 0.493. The third-order valence-corrected chi connectivity index (χ3v) is 3.62. The highest BCUT2D eigenvalue weighted by molar-refractivity contribution is 5.76. The Morgan fingerprint density at radius 1 is 1.50 bits per heavy atom. The van der Waals surface area contributed by atoms with Gasteiger partial charge in [0.1, 0.15) is 6.10 Å². The van der Waals surface area contributed by atoms with E-state index < -0.39 is 42.2 Å². The van der Waals surface area contributed by atoms with Crippen molar-refractivity contribution in [2.75, 3.05) is 13.2 Å². The smallest absolute Gasteiger partial charge is 0.330 e. The minimum absolute atomic E-state index is 0.0329. The SMILES string of the molecule is CCNC(=O)C[C@H]1[C@@H](O)[C@H](n2ccc(=O)[nH]c2=O)O[C@@H]1CO. The molecule has 0 unspecified atom stereocenters. The monoisotopic (exact) mass is 313 g/mol. The second-order valence-corrected chi connectivity index (χ2v) is 5.08. The molecule has 2 rings (SSSR count). The van der Waals surface area contributed by atoms with E-state index in [0.29, 0.717) is 6.54 Å². The Morgan fingerprint density at radius 3 is 2.82 bits per heavy atom. The molecule has 0 spiro atoms. The van der Waals surface area contributed by atoms with Crippen LogP contribution in [0.1, 0.15) is 19.6 Å². The number of H-pyrrole nitrogens is 1. The van der Waals surface area contributed by atoms with Gasteiger partial charge >= 0.3 is 5.69 Å². The maximum Gasteiger partial charge on any atom is 0.330 e. The lowest BCUT2D eigenvalue weighted by molar-refractivity contribution is -0.123. The van der Waals surface area contributed by atoms with Gasteiger partial charge in [0.15, 0.2) is 6.23 Å². The van der Waals surface area contributed by atoms with E-state index in [-0.39, 0.29) is 12.3 Å². The number of aliphatic hydroxyl groups excluding tert-OH is 2. The highest BCUT2D eigenvalue weighted by Crippen LogP contribution is 2.34. The zero-order chi connectivity index (χ0) is 16.3. The minimum Gasteiger partial charge on any atom is -0.394 e. The summed E-state index contributed by atoms with van der Waals surface area (Å²) in [6.45, 7) is 1.83. The van der Waals surface area contributed by atoms with Gasteiger partial charge in [-0.25, -0.2) is 4.79 Å². The molecule has 2 heterocycles. The van der Waals surface area contributed by atoms with Crippen molar-refractivity contribution in [3.8, 4) is 0 Å². The normalized spacial score (nSPS) is 27.8. The molecule has 1 amide bonds. The lowest BCUT2D eigenvalue weighted by atomic mass is 9.94. The van der Waals surface area contributed by atoms with E-state index in [0.717, 1.165) is 10.6 Å². The molecule has 1 aliphatic heterocycles. The molecule has 1 saturated heterocycles. The standard InChI is InChI=1S/C13H19N3O6/c1-2-14-10(19)5-7-8(6-17)22-12(11(7)20)16-4-3-9(18)15-13(16)21/h3-4,7-8,11-12,17,20H,2,5-6H2,1H3,(H,14,19)(H,15,18,21)/t7-,8-,11-,12-/m1/s1. The summed E-state index contributed by atoms with van der Waals surface area (Å²) in [6.07, 6.45) is -1.84. The van der Waals surface area contributed by atoms with Crippen molar-refractivity contribution in [2.24, 2.45) is 5.92 Å². The van der Waals surface area contributed by atoms with Gasteiger partial charge in [-0.15, -0.1) is 0 Å². The van der Waals surface area contributed by atoms with Gasteiger partial charge in [-0.2, -0.15) is 0 Å². The first-order valence-electron chi connectivity index (χ1n) is 7.00. The predicted octanol–water partition coefficient (Wildman–Crippen LogP) is -2.07. The van der Waals surface area contributed by atoms with Crippen molar-refractivity contribution in [1.29, 1.82) is 0 Å². The van der Waals surface area contributed by atoms with Crippen LogP contribution in [-0.2, 0) is 9.53 Å². The first-order valence-corrected chi connectivity index (χ1v) is 7.00. The van der Waals surface area contributed by atoms with Crippen molar-refractivity contribution < 1.29 is 19.7 Å². The van der Waals surface area contributed by atoms with E-state index in [4.69, 9.17) is 4.74 Å². The van der Waals surface area contributed by atoms with Gasteiger partial charge in [0.05, 0.1) is 12.7 Å². The third kappa shape index (κ3) is 3.26. The zero-order valence-electron chi connectivity index (χ0n) is 12.1. The Kier molecular flexibility index (Phi) is 5.11. The molecule has 1 fully saturated rings. The van der Waals surface area contributed by atoms with Gasteiger partial charge < -0.3 is 20.3 Å². The summed E-state index contributed by atoms with van der Waals surface area (Å²) >= 11 is 0. The Bertz CT molecular complexity index is 639. The number of carbonyl (C=O) groups is 1. The lowest BCUT2D eigenvalue weighted by Crippen LogP contribution is -2.37. The van der Waals surface area contributed by atoms with Gasteiger partial charge in [-0.05, 0) is 6.92 Å². The number of ether oxygens (including phenoxy) is 1. The van der Waals surface area contributed by atoms with Crippen LogP contribution in [0, 0.1) is 5.92 Å². The number of nitrogens with zero attached hydrogens (tertiary/aromatic N) is 1. The van der Waals surface area contributed by atoms with Crippen LogP contribution in [0.5, 0.6) is 0 Å². The lowest BCUT2D eigenvalue weighted by Gasteiger charge is -2.19. The van der Waals surface area contributed by atoms with Crippen LogP contribution in [0.2, 0.25) is 0 Å². The fraction of sp³-hybridized carbons (Fsp3) is 0.615. The van der Waals surface area contributed by atoms with E-state index in [1.807, 2.05) is 0 Å². The maximum absolute atomic E-state index is 11.8. The van der Waals surface area contributed by atoms with Gasteiger partial charge in [0.2, 0.25) is 5.91 Å². The average molecular weight is 313 g/mol. The number of carbonyl (C=O) groups excluding carboxylic acids is 1. The Labute approximate surface area is 125 Å². The first kappa shape index (κ1) is 16.4. The van der Waals surface area contributed by atoms with E-state index in [2.05, 4.69) is 10.3 Å². The molecule has 22 heavy (non-hydrogen) atoms. The number of aromatic nitrogens is 2. The summed E-state index contributed by atoms with van der Waals surface area (Å²) in [6, 6.07) is 1.13. The highest BCUT2D eigenvalue weighted by atomic mass is 16.5. The Balaban J connectivity index is 2.23. The van der Waals surface area contributed by atoms with Crippen LogP contribution in [0.3, 0.4) is 0 Å². The molecule has 4 N–H and O–H groups in total. The van der Waals surface area contributed by atoms with Gasteiger partial charge in [-0.3, -0.25) is 19.1 Å². The van der Waals surface area contributed by atoms with Gasteiger partial charge in [0.25, 0.3) is 5.56 Å². The summed E-state index contributed by atoms with van der Waals surface area (Å²) < 4.78 is 6.52. The molecular formula is C13H19N3O6. The molecule has 1 aromatic heterocycles. The summed E-state index contributed by atoms with van der Waals surface area (Å²) in [7, 11) is 0. The number of aromatic amines is 1. The predicted molar refractivity (Wildman–Crippen MR) is 75.1 cm³/mol. The summed E-state index contributed by atoms with van der Waals surface area (Å²) in [5, 5.41) is 22.3. The second kappa shape index (κ2) is 6.86. The molecule has 9 heteroatoms. The van der Waals surface area contributed by atoms with Crippen molar-refractivity contribution in [2.45, 2.75) is 31.8 Å². The van der Waals surface area contributed by atoms with E-state index in [9.17, 15) is 24.6 Å². The maximum atomic E-state index is 11.8. The number of aliphatic hydroxyl groups is 2. The fourth-order valence-electron chi connectivity index (χ4n) is 2.56. The topological polar surface area (TPSA) is 134 Å². The molecular weight excluding hydrogens is 294 g/mol. The fourth-order valence-corrected chi connectivity index (χ4v) is 2.56. The van der Waals surface area contributed by atoms with Crippen LogP contribution < -0.4 is 16.6 Å². The number of hydrogen-bond acceptors (Lipinski definition) is 6. The average Bonchev–Trinajstić information content (AvgIpc) is 2.76. The van der Waals surface area contributed by atoms with Crippen molar-refractivity contribution in [1.82, 2.24) is 14.9 Å². The second-order valence-electron chi connectivity index (χ2n) is 5.08. The molecule has 1 aromatic rings. The molecule has 0 radical (unpaired) electrons. The van der Waals surface area contributed by atoms with Gasteiger partial charge in [0, 0.05) is 31.1 Å². The van der Waals surface area contributed by atoms with E-state index >= 15 is 0 Å². The van der Waals surface area contributed by atoms with Crippen LogP contribution in [0.4, 0.5) is 0 Å². The molecule has 0 saturated carbocycles. The molecule has 122 valence electrons. The van der Waals surface area contributed by atoms with E-state index in [1.54, 1.807) is 6.92 Å². The number of hydrogen-bond donors (Lipinski definition) is 4. The molecule has 4 atom stereocenters. The molecule has 0 aromatic carbocycles. The number of rotatable bonds is 5. The van der Waals surface area contributed by atoms with Crippen LogP contribution >= 0.6 is 0 Å². The largest absolute Gasteiger partial charge is 0.394 e. The molecule has 0 bridgehead atoms. The Hall–Kier alpha value is -1.97. The highest BCUT2D eigenvalue weighted by Gasteiger charge is 2.45. The first-order chi connectivity index (χ1) is 10.5. The summed E-state index contributed by atoms with van der Waals surface area (Å²) in [4.78, 5) is 36.6. The van der Waals surface area contributed by atoms with E-state index in [1.165, 1.54) is 6.20 Å². The van der Waals surface area contributed by atoms with Crippen LogP contribution in [-0.4, -0.2) is 51.0 Å². The van der Waals surface area contributed by atoms with Crippen molar-refractivity contribution >= 4 is 5.91 Å². The molecule has 0 aliphatic carbocycles. The summed E-state index contributed by atoms with van der Waals surface area (Å²) in [5.74, 6) is -0.927. The molecule has 9 nitrogen and oxygen atoms in total. The van der Waals surface area contributed by atoms with Gasteiger partial charge in [-0.1, -0.05) is 0 Å². The number of amides is 1.